The highest BCUT2D eigenvalue weighted by Crippen LogP contribution is 2.33. The summed E-state index contributed by atoms with van der Waals surface area (Å²) in [5, 5.41) is 3.35. The minimum absolute atomic E-state index is 0.0347. The summed E-state index contributed by atoms with van der Waals surface area (Å²) < 4.78 is 32.1. The Morgan fingerprint density at radius 1 is 1.15 bits per heavy atom. The molecule has 3 rings (SSSR count). The quantitative estimate of drug-likeness (QED) is 0.921. The third-order valence-corrected chi connectivity index (χ3v) is 3.54. The van der Waals surface area contributed by atoms with E-state index in [4.69, 9.17) is 4.74 Å². The summed E-state index contributed by atoms with van der Waals surface area (Å²) in [5.74, 6) is -0.254. The molecule has 0 aliphatic carbocycles. The fourth-order valence-corrected chi connectivity index (χ4v) is 2.52. The van der Waals surface area contributed by atoms with Crippen LogP contribution in [0.5, 0.6) is 5.75 Å². The zero-order chi connectivity index (χ0) is 14.1. The Balaban J connectivity index is 1.78. The molecule has 2 unspecified atom stereocenters. The van der Waals surface area contributed by atoms with Crippen molar-refractivity contribution in [3.63, 3.8) is 0 Å². The summed E-state index contributed by atoms with van der Waals surface area (Å²) in [5.41, 5.74) is 1.67. The van der Waals surface area contributed by atoms with E-state index < -0.39 is 11.6 Å². The maximum absolute atomic E-state index is 13.2. The highest BCUT2D eigenvalue weighted by atomic mass is 19.1. The van der Waals surface area contributed by atoms with E-state index in [2.05, 4.69) is 5.32 Å². The van der Waals surface area contributed by atoms with Crippen molar-refractivity contribution in [2.24, 2.45) is 0 Å². The lowest BCUT2D eigenvalue weighted by Gasteiger charge is -2.19. The number of fused-ring (bicyclic) bond motifs is 1. The van der Waals surface area contributed by atoms with Gasteiger partial charge in [0.1, 0.15) is 24.0 Å². The summed E-state index contributed by atoms with van der Waals surface area (Å²) >= 11 is 0. The molecule has 2 nitrogen and oxygen atoms in total. The summed E-state index contributed by atoms with van der Waals surface area (Å²) in [6.45, 7) is 2.41. The monoisotopic (exact) mass is 275 g/mol. The number of para-hydroxylation sites is 1. The van der Waals surface area contributed by atoms with Crippen molar-refractivity contribution in [1.82, 2.24) is 5.32 Å². The molecule has 1 aliphatic rings. The molecule has 0 radical (unpaired) electrons. The van der Waals surface area contributed by atoms with Crippen LogP contribution in [0.3, 0.4) is 0 Å². The first-order chi connectivity index (χ1) is 9.63. The van der Waals surface area contributed by atoms with Crippen molar-refractivity contribution in [1.29, 1.82) is 0 Å². The van der Waals surface area contributed by atoms with Crippen LogP contribution in [0.25, 0.3) is 0 Å². The number of rotatable bonds is 3. The zero-order valence-electron chi connectivity index (χ0n) is 11.1. The van der Waals surface area contributed by atoms with Gasteiger partial charge in [-0.2, -0.15) is 0 Å². The Kier molecular flexibility index (Phi) is 3.40. The van der Waals surface area contributed by atoms with E-state index in [0.717, 1.165) is 17.4 Å². The zero-order valence-corrected chi connectivity index (χ0v) is 11.1. The van der Waals surface area contributed by atoms with E-state index in [1.807, 2.05) is 31.2 Å². The molecule has 1 aliphatic heterocycles. The van der Waals surface area contributed by atoms with Crippen LogP contribution >= 0.6 is 0 Å². The molecule has 0 aromatic heterocycles. The first kappa shape index (κ1) is 13.1. The van der Waals surface area contributed by atoms with Crippen molar-refractivity contribution in [3.8, 4) is 5.75 Å². The SMILES string of the molecule is CC(NC1COc2ccccc21)c1cc(F)cc(F)c1. The Hall–Kier alpha value is -1.94. The third kappa shape index (κ3) is 2.51. The second-order valence-electron chi connectivity index (χ2n) is 4.99. The molecule has 1 heterocycles. The Morgan fingerprint density at radius 3 is 2.60 bits per heavy atom. The molecule has 1 N–H and O–H groups in total. The van der Waals surface area contributed by atoms with Gasteiger partial charge in [0, 0.05) is 17.7 Å². The van der Waals surface area contributed by atoms with E-state index in [1.54, 1.807) is 0 Å². The molecule has 104 valence electrons. The van der Waals surface area contributed by atoms with Gasteiger partial charge in [-0.15, -0.1) is 0 Å². The molecular formula is C16H15F2NO. The van der Waals surface area contributed by atoms with Crippen molar-refractivity contribution >= 4 is 0 Å². The highest BCUT2D eigenvalue weighted by molar-refractivity contribution is 5.39. The predicted molar refractivity (Wildman–Crippen MR) is 72.6 cm³/mol. The van der Waals surface area contributed by atoms with E-state index >= 15 is 0 Å². The molecule has 4 heteroatoms. The molecule has 0 saturated carbocycles. The van der Waals surface area contributed by atoms with Crippen molar-refractivity contribution in [2.75, 3.05) is 6.61 Å². The normalized spacial score (nSPS) is 18.4. The van der Waals surface area contributed by atoms with Crippen LogP contribution in [0.1, 0.15) is 30.1 Å². The standard InChI is InChI=1S/C16H15F2NO/c1-10(11-6-12(17)8-13(18)7-11)19-15-9-20-16-5-3-2-4-14(15)16/h2-8,10,15,19H,9H2,1H3. The maximum atomic E-state index is 13.2. The van der Waals surface area contributed by atoms with Gasteiger partial charge in [0.15, 0.2) is 0 Å². The lowest BCUT2D eigenvalue weighted by atomic mass is 10.0. The fraction of sp³-hybridized carbons (Fsp3) is 0.250. The fourth-order valence-electron chi connectivity index (χ4n) is 2.52. The van der Waals surface area contributed by atoms with Crippen LogP contribution in [-0.2, 0) is 0 Å². The van der Waals surface area contributed by atoms with Crippen LogP contribution in [0.15, 0.2) is 42.5 Å². The third-order valence-electron chi connectivity index (χ3n) is 3.54. The van der Waals surface area contributed by atoms with Gasteiger partial charge >= 0.3 is 0 Å². The first-order valence-electron chi connectivity index (χ1n) is 6.57. The van der Waals surface area contributed by atoms with Gasteiger partial charge in [-0.05, 0) is 30.7 Å². The van der Waals surface area contributed by atoms with Crippen LogP contribution in [0.2, 0.25) is 0 Å². The molecule has 2 aromatic carbocycles. The van der Waals surface area contributed by atoms with Crippen LogP contribution in [-0.4, -0.2) is 6.61 Å². The molecule has 0 saturated heterocycles. The smallest absolute Gasteiger partial charge is 0.126 e. The summed E-state index contributed by atoms with van der Waals surface area (Å²) in [7, 11) is 0. The van der Waals surface area contributed by atoms with Crippen molar-refractivity contribution in [3.05, 3.63) is 65.2 Å². The molecule has 0 fully saturated rings. The van der Waals surface area contributed by atoms with E-state index in [-0.39, 0.29) is 12.1 Å². The number of halogens is 2. The lowest BCUT2D eigenvalue weighted by molar-refractivity contribution is 0.300. The van der Waals surface area contributed by atoms with Gasteiger partial charge in [0.25, 0.3) is 0 Å². The number of hydrogen-bond donors (Lipinski definition) is 1. The van der Waals surface area contributed by atoms with Crippen LogP contribution in [0.4, 0.5) is 8.78 Å². The second kappa shape index (κ2) is 5.21. The van der Waals surface area contributed by atoms with Gasteiger partial charge in [-0.25, -0.2) is 8.78 Å². The van der Waals surface area contributed by atoms with Crippen LogP contribution in [0, 0.1) is 11.6 Å². The number of benzene rings is 2. The minimum atomic E-state index is -0.559. The molecular weight excluding hydrogens is 260 g/mol. The number of nitrogens with one attached hydrogen (secondary N) is 1. The predicted octanol–water partition coefficient (Wildman–Crippen LogP) is 3.75. The molecule has 0 bridgehead atoms. The number of hydrogen-bond acceptors (Lipinski definition) is 2. The second-order valence-corrected chi connectivity index (χ2v) is 4.99. The molecule has 20 heavy (non-hydrogen) atoms. The van der Waals surface area contributed by atoms with E-state index in [9.17, 15) is 8.78 Å². The molecule has 0 amide bonds. The maximum Gasteiger partial charge on any atom is 0.126 e. The Bertz CT molecular complexity index is 609. The topological polar surface area (TPSA) is 21.3 Å². The van der Waals surface area contributed by atoms with E-state index in [1.165, 1.54) is 12.1 Å². The molecule has 2 atom stereocenters. The Labute approximate surface area is 116 Å². The van der Waals surface area contributed by atoms with Gasteiger partial charge in [0.2, 0.25) is 0 Å². The lowest BCUT2D eigenvalue weighted by Crippen LogP contribution is -2.25. The van der Waals surface area contributed by atoms with Gasteiger partial charge < -0.3 is 10.1 Å². The summed E-state index contributed by atoms with van der Waals surface area (Å²) in [4.78, 5) is 0. The van der Waals surface area contributed by atoms with Crippen molar-refractivity contribution in [2.45, 2.75) is 19.0 Å². The first-order valence-corrected chi connectivity index (χ1v) is 6.57. The number of ether oxygens (including phenoxy) is 1. The van der Waals surface area contributed by atoms with Crippen LogP contribution < -0.4 is 10.1 Å². The van der Waals surface area contributed by atoms with Gasteiger partial charge in [-0.1, -0.05) is 18.2 Å². The largest absolute Gasteiger partial charge is 0.491 e. The van der Waals surface area contributed by atoms with Gasteiger partial charge in [0.05, 0.1) is 6.04 Å². The van der Waals surface area contributed by atoms with Crippen molar-refractivity contribution < 1.29 is 13.5 Å². The average molecular weight is 275 g/mol. The molecule has 2 aromatic rings. The highest BCUT2D eigenvalue weighted by Gasteiger charge is 2.25. The van der Waals surface area contributed by atoms with E-state index in [0.29, 0.717) is 12.2 Å². The summed E-state index contributed by atoms with van der Waals surface area (Å²) in [6.07, 6.45) is 0. The molecule has 0 spiro atoms. The Morgan fingerprint density at radius 2 is 1.85 bits per heavy atom. The average Bonchev–Trinajstić information content (AvgIpc) is 2.81. The minimum Gasteiger partial charge on any atom is -0.491 e. The van der Waals surface area contributed by atoms with Gasteiger partial charge in [-0.3, -0.25) is 0 Å². The summed E-state index contributed by atoms with van der Waals surface area (Å²) in [6, 6.07) is 11.2.